The summed E-state index contributed by atoms with van der Waals surface area (Å²) in [5.41, 5.74) is 8.20. The minimum Gasteiger partial charge on any atom is -0.493 e. The summed E-state index contributed by atoms with van der Waals surface area (Å²) in [5, 5.41) is 0. The van der Waals surface area contributed by atoms with Gasteiger partial charge in [0.05, 0.1) is 18.7 Å². The van der Waals surface area contributed by atoms with Gasteiger partial charge >= 0.3 is 0 Å². The monoisotopic (exact) mass is 367 g/mol. The van der Waals surface area contributed by atoms with Crippen molar-refractivity contribution in [2.24, 2.45) is 5.73 Å². The molecular weight excluding hydrogens is 342 g/mol. The summed E-state index contributed by atoms with van der Waals surface area (Å²) in [6, 6.07) is 7.01. The number of fused-ring (bicyclic) bond motifs is 1. The lowest BCUT2D eigenvalue weighted by molar-refractivity contribution is 0.0959. The standard InChI is InChI=1S/C20H25N5O2/c1-14(16-3-2-15-4-9-27-18(15)10-16)25-7-5-24(6-8-25)13-19-22-11-17(12-23-19)20(21)26/h2-3,10-12,14H,4-9,13H2,1H3,(H2,21,26). The van der Waals surface area contributed by atoms with Gasteiger partial charge in [0.2, 0.25) is 0 Å². The molecule has 1 amide bonds. The van der Waals surface area contributed by atoms with Gasteiger partial charge in [-0.1, -0.05) is 12.1 Å². The number of primary amides is 1. The Bertz CT molecular complexity index is 816. The second kappa shape index (κ2) is 7.62. The number of aromatic nitrogens is 2. The second-order valence-electron chi connectivity index (χ2n) is 7.21. The lowest BCUT2D eigenvalue weighted by atomic mass is 10.0. The first kappa shape index (κ1) is 17.9. The molecule has 3 heterocycles. The van der Waals surface area contributed by atoms with Crippen molar-refractivity contribution < 1.29 is 9.53 Å². The number of carbonyl (C=O) groups is 1. The van der Waals surface area contributed by atoms with E-state index in [-0.39, 0.29) is 0 Å². The molecule has 1 aromatic heterocycles. The van der Waals surface area contributed by atoms with E-state index in [4.69, 9.17) is 10.5 Å². The van der Waals surface area contributed by atoms with Crippen LogP contribution >= 0.6 is 0 Å². The third-order valence-corrected chi connectivity index (χ3v) is 5.51. The van der Waals surface area contributed by atoms with Crippen molar-refractivity contribution in [2.75, 3.05) is 32.8 Å². The lowest BCUT2D eigenvalue weighted by Gasteiger charge is -2.38. The minimum absolute atomic E-state index is 0.343. The van der Waals surface area contributed by atoms with Crippen LogP contribution in [-0.2, 0) is 13.0 Å². The number of benzene rings is 1. The van der Waals surface area contributed by atoms with Gasteiger partial charge in [0.1, 0.15) is 11.6 Å². The van der Waals surface area contributed by atoms with E-state index in [2.05, 4.69) is 44.9 Å². The first-order chi connectivity index (χ1) is 13.1. The zero-order chi connectivity index (χ0) is 18.8. The van der Waals surface area contributed by atoms with Crippen molar-refractivity contribution in [2.45, 2.75) is 25.9 Å². The maximum Gasteiger partial charge on any atom is 0.251 e. The van der Waals surface area contributed by atoms with Gasteiger partial charge in [0, 0.05) is 51.0 Å². The number of ether oxygens (including phenoxy) is 1. The summed E-state index contributed by atoms with van der Waals surface area (Å²) in [7, 11) is 0. The van der Waals surface area contributed by atoms with E-state index in [9.17, 15) is 4.79 Å². The van der Waals surface area contributed by atoms with Crippen LogP contribution in [0.1, 0.15) is 40.3 Å². The number of hydrogen-bond donors (Lipinski definition) is 1. The Balaban J connectivity index is 1.32. The van der Waals surface area contributed by atoms with Gasteiger partial charge in [-0.3, -0.25) is 14.6 Å². The fourth-order valence-electron chi connectivity index (χ4n) is 3.73. The number of nitrogens with zero attached hydrogens (tertiary/aromatic N) is 4. The van der Waals surface area contributed by atoms with Crippen LogP contribution in [0.5, 0.6) is 5.75 Å². The SMILES string of the molecule is CC(c1ccc2c(c1)OCC2)N1CCN(Cc2ncc(C(N)=O)cn2)CC1. The highest BCUT2D eigenvalue weighted by Crippen LogP contribution is 2.31. The van der Waals surface area contributed by atoms with Crippen LogP contribution in [-0.4, -0.2) is 58.5 Å². The van der Waals surface area contributed by atoms with Crippen molar-refractivity contribution in [3.05, 3.63) is 53.1 Å². The topological polar surface area (TPSA) is 84.6 Å². The molecule has 7 nitrogen and oxygen atoms in total. The van der Waals surface area contributed by atoms with E-state index < -0.39 is 5.91 Å². The average molecular weight is 367 g/mol. The predicted octanol–water partition coefficient (Wildman–Crippen LogP) is 1.39. The van der Waals surface area contributed by atoms with Gasteiger partial charge in [-0.05, 0) is 24.1 Å². The molecule has 1 saturated heterocycles. The van der Waals surface area contributed by atoms with Crippen LogP contribution in [0.2, 0.25) is 0 Å². The number of carbonyl (C=O) groups excluding carboxylic acids is 1. The number of hydrogen-bond acceptors (Lipinski definition) is 6. The van der Waals surface area contributed by atoms with Gasteiger partial charge in [-0.2, -0.15) is 0 Å². The fraction of sp³-hybridized carbons (Fsp3) is 0.450. The number of nitrogens with two attached hydrogens (primary N) is 1. The highest BCUT2D eigenvalue weighted by Gasteiger charge is 2.24. The molecule has 0 spiro atoms. The molecule has 1 fully saturated rings. The van der Waals surface area contributed by atoms with Crippen molar-refractivity contribution in [1.82, 2.24) is 19.8 Å². The third-order valence-electron chi connectivity index (χ3n) is 5.51. The normalized spacial score (nSPS) is 18.7. The summed E-state index contributed by atoms with van der Waals surface area (Å²) in [4.78, 5) is 24.4. The van der Waals surface area contributed by atoms with E-state index in [1.165, 1.54) is 23.5 Å². The van der Waals surface area contributed by atoms with Gasteiger partial charge in [0.15, 0.2) is 0 Å². The molecule has 2 N–H and O–H groups in total. The highest BCUT2D eigenvalue weighted by molar-refractivity contribution is 5.92. The maximum absolute atomic E-state index is 11.1. The fourth-order valence-corrected chi connectivity index (χ4v) is 3.73. The van der Waals surface area contributed by atoms with E-state index in [1.54, 1.807) is 0 Å². The summed E-state index contributed by atoms with van der Waals surface area (Å²) < 4.78 is 5.71. The maximum atomic E-state index is 11.1. The average Bonchev–Trinajstić information content (AvgIpc) is 3.16. The van der Waals surface area contributed by atoms with Crippen molar-refractivity contribution in [1.29, 1.82) is 0 Å². The first-order valence-corrected chi connectivity index (χ1v) is 9.43. The van der Waals surface area contributed by atoms with Crippen LogP contribution in [0.3, 0.4) is 0 Å². The van der Waals surface area contributed by atoms with E-state index in [0.29, 0.717) is 18.2 Å². The Morgan fingerprint density at radius 1 is 1.22 bits per heavy atom. The summed E-state index contributed by atoms with van der Waals surface area (Å²) in [6.45, 7) is 7.68. The minimum atomic E-state index is -0.499. The second-order valence-corrected chi connectivity index (χ2v) is 7.21. The Morgan fingerprint density at radius 3 is 2.67 bits per heavy atom. The zero-order valence-electron chi connectivity index (χ0n) is 15.6. The third kappa shape index (κ3) is 3.94. The molecule has 1 atom stereocenters. The Morgan fingerprint density at radius 2 is 1.96 bits per heavy atom. The molecule has 7 heteroatoms. The van der Waals surface area contributed by atoms with Gasteiger partial charge in [0.25, 0.3) is 5.91 Å². The number of amides is 1. The van der Waals surface area contributed by atoms with Crippen molar-refractivity contribution >= 4 is 5.91 Å². The molecule has 142 valence electrons. The van der Waals surface area contributed by atoms with Crippen LogP contribution in [0.15, 0.2) is 30.6 Å². The molecule has 0 aliphatic carbocycles. The molecule has 0 radical (unpaired) electrons. The van der Waals surface area contributed by atoms with Crippen LogP contribution in [0, 0.1) is 0 Å². The largest absolute Gasteiger partial charge is 0.493 e. The quantitative estimate of drug-likeness (QED) is 0.860. The molecule has 0 bridgehead atoms. The summed E-state index contributed by atoms with van der Waals surface area (Å²) >= 11 is 0. The van der Waals surface area contributed by atoms with E-state index in [0.717, 1.165) is 50.8 Å². The Kier molecular flexibility index (Phi) is 5.05. The molecule has 2 aliphatic heterocycles. The number of rotatable bonds is 5. The molecule has 2 aliphatic rings. The van der Waals surface area contributed by atoms with E-state index in [1.807, 2.05) is 0 Å². The summed E-state index contributed by atoms with van der Waals surface area (Å²) in [5.74, 6) is 1.27. The number of piperazine rings is 1. The predicted molar refractivity (Wildman–Crippen MR) is 101 cm³/mol. The van der Waals surface area contributed by atoms with Gasteiger partial charge in [-0.15, -0.1) is 0 Å². The molecule has 1 unspecified atom stereocenters. The lowest BCUT2D eigenvalue weighted by Crippen LogP contribution is -2.46. The summed E-state index contributed by atoms with van der Waals surface area (Å²) in [6.07, 6.45) is 4.02. The van der Waals surface area contributed by atoms with Crippen LogP contribution < -0.4 is 10.5 Å². The first-order valence-electron chi connectivity index (χ1n) is 9.43. The van der Waals surface area contributed by atoms with Crippen molar-refractivity contribution in [3.8, 4) is 5.75 Å². The van der Waals surface area contributed by atoms with Gasteiger partial charge < -0.3 is 10.5 Å². The molecular formula is C20H25N5O2. The smallest absolute Gasteiger partial charge is 0.251 e. The molecule has 2 aromatic rings. The zero-order valence-corrected chi connectivity index (χ0v) is 15.6. The van der Waals surface area contributed by atoms with Gasteiger partial charge in [-0.25, -0.2) is 9.97 Å². The Hall–Kier alpha value is -2.51. The van der Waals surface area contributed by atoms with Crippen molar-refractivity contribution in [3.63, 3.8) is 0 Å². The van der Waals surface area contributed by atoms with Crippen LogP contribution in [0.4, 0.5) is 0 Å². The molecule has 1 aromatic carbocycles. The Labute approximate surface area is 159 Å². The van der Waals surface area contributed by atoms with E-state index >= 15 is 0 Å². The molecule has 0 saturated carbocycles. The van der Waals surface area contributed by atoms with Crippen LogP contribution in [0.25, 0.3) is 0 Å². The highest BCUT2D eigenvalue weighted by atomic mass is 16.5. The molecule has 4 rings (SSSR count). The molecule has 27 heavy (non-hydrogen) atoms.